The number of rotatable bonds is 8. The number of methoxy groups -OCH3 is 1. The third-order valence-corrected chi connectivity index (χ3v) is 4.35. The lowest BCUT2D eigenvalue weighted by molar-refractivity contribution is 0.0616. The van der Waals surface area contributed by atoms with Crippen molar-refractivity contribution in [3.8, 4) is 0 Å². The maximum Gasteiger partial charge on any atom is 0.0587 e. The second kappa shape index (κ2) is 9.19. The van der Waals surface area contributed by atoms with Gasteiger partial charge in [-0.3, -0.25) is 0 Å². The smallest absolute Gasteiger partial charge is 0.0587 e. The van der Waals surface area contributed by atoms with Gasteiger partial charge in [0.2, 0.25) is 0 Å². The topological polar surface area (TPSA) is 30.5 Å². The molecule has 0 bridgehead atoms. The van der Waals surface area contributed by atoms with Gasteiger partial charge in [-0.2, -0.15) is 0 Å². The molecule has 3 nitrogen and oxygen atoms in total. The van der Waals surface area contributed by atoms with Gasteiger partial charge in [-0.05, 0) is 43.6 Å². The molecule has 1 aromatic carbocycles. The van der Waals surface area contributed by atoms with Crippen LogP contribution < -0.4 is 5.32 Å². The molecule has 1 fully saturated rings. The molecule has 1 unspecified atom stereocenters. The lowest BCUT2D eigenvalue weighted by Gasteiger charge is -2.27. The predicted octanol–water partition coefficient (Wildman–Crippen LogP) is 3.13. The van der Waals surface area contributed by atoms with Crippen LogP contribution in [0.4, 0.5) is 0 Å². The number of benzene rings is 1. The lowest BCUT2D eigenvalue weighted by Crippen LogP contribution is -2.27. The van der Waals surface area contributed by atoms with Gasteiger partial charge in [0.25, 0.3) is 0 Å². The molecule has 1 atom stereocenters. The molecule has 1 aromatic rings. The van der Waals surface area contributed by atoms with Crippen LogP contribution in [-0.4, -0.2) is 40.0 Å². The van der Waals surface area contributed by atoms with Crippen LogP contribution in [0.25, 0.3) is 0 Å². The van der Waals surface area contributed by atoms with E-state index in [1.165, 1.54) is 30.4 Å². The lowest BCUT2D eigenvalue weighted by atomic mass is 9.84. The second-order valence-corrected chi connectivity index (χ2v) is 6.10. The highest BCUT2D eigenvalue weighted by Gasteiger charge is 2.20. The summed E-state index contributed by atoms with van der Waals surface area (Å²) in [7, 11) is 1.75. The van der Waals surface area contributed by atoms with Crippen LogP contribution in [0.15, 0.2) is 24.3 Å². The molecule has 3 heteroatoms. The van der Waals surface area contributed by atoms with E-state index in [9.17, 15) is 0 Å². The molecule has 1 heterocycles. The Morgan fingerprint density at radius 2 is 2.14 bits per heavy atom. The van der Waals surface area contributed by atoms with Gasteiger partial charge < -0.3 is 14.8 Å². The molecule has 0 radical (unpaired) electrons. The van der Waals surface area contributed by atoms with Crippen LogP contribution in [0, 0.1) is 12.8 Å². The molecule has 2 rings (SSSR count). The van der Waals surface area contributed by atoms with E-state index in [0.29, 0.717) is 5.92 Å². The van der Waals surface area contributed by atoms with Gasteiger partial charge in [0.15, 0.2) is 0 Å². The van der Waals surface area contributed by atoms with Crippen molar-refractivity contribution in [3.05, 3.63) is 35.4 Å². The Bertz CT molecular complexity index is 402. The summed E-state index contributed by atoms with van der Waals surface area (Å²) in [6.45, 7) is 6.77. The Balaban J connectivity index is 1.95. The maximum absolute atomic E-state index is 5.49. The third-order valence-electron chi connectivity index (χ3n) is 4.35. The summed E-state index contributed by atoms with van der Waals surface area (Å²) < 4.78 is 10.6. The first-order valence-corrected chi connectivity index (χ1v) is 8.13. The Labute approximate surface area is 129 Å². The molecule has 1 aliphatic rings. The largest absolute Gasteiger partial charge is 0.383 e. The van der Waals surface area contributed by atoms with Crippen molar-refractivity contribution in [3.63, 3.8) is 0 Å². The number of hydrogen-bond acceptors (Lipinski definition) is 3. The summed E-state index contributed by atoms with van der Waals surface area (Å²) in [5, 5.41) is 3.54. The Morgan fingerprint density at radius 3 is 2.86 bits per heavy atom. The monoisotopic (exact) mass is 291 g/mol. The van der Waals surface area contributed by atoms with E-state index in [1.807, 2.05) is 0 Å². The number of nitrogens with one attached hydrogen (secondary N) is 1. The third kappa shape index (κ3) is 5.77. The van der Waals surface area contributed by atoms with Gasteiger partial charge in [0, 0.05) is 33.4 Å². The van der Waals surface area contributed by atoms with Gasteiger partial charge >= 0.3 is 0 Å². The minimum atomic E-state index is 0.588. The van der Waals surface area contributed by atoms with Crippen LogP contribution in [-0.2, 0) is 9.47 Å². The summed E-state index contributed by atoms with van der Waals surface area (Å²) in [6.07, 6.45) is 3.67. The van der Waals surface area contributed by atoms with E-state index in [1.54, 1.807) is 7.11 Å². The first-order chi connectivity index (χ1) is 10.3. The van der Waals surface area contributed by atoms with Crippen molar-refractivity contribution in [1.29, 1.82) is 0 Å². The SMILES string of the molecule is COCCNCC(CC1CCOCC1)c1cccc(C)c1. The van der Waals surface area contributed by atoms with Crippen molar-refractivity contribution in [2.75, 3.05) is 40.0 Å². The highest BCUT2D eigenvalue weighted by molar-refractivity contribution is 5.26. The van der Waals surface area contributed by atoms with Crippen LogP contribution in [0.5, 0.6) is 0 Å². The number of hydrogen-bond donors (Lipinski definition) is 1. The minimum absolute atomic E-state index is 0.588. The summed E-state index contributed by atoms with van der Waals surface area (Å²) in [5.74, 6) is 1.39. The molecule has 0 saturated carbocycles. The van der Waals surface area contributed by atoms with Crippen molar-refractivity contribution >= 4 is 0 Å². The average molecular weight is 291 g/mol. The zero-order valence-corrected chi connectivity index (χ0v) is 13.4. The summed E-state index contributed by atoms with van der Waals surface area (Å²) in [6, 6.07) is 8.96. The summed E-state index contributed by atoms with van der Waals surface area (Å²) in [5.41, 5.74) is 2.81. The zero-order valence-electron chi connectivity index (χ0n) is 13.4. The van der Waals surface area contributed by atoms with Crippen molar-refractivity contribution in [1.82, 2.24) is 5.32 Å². The molecule has 0 aromatic heterocycles. The highest BCUT2D eigenvalue weighted by Crippen LogP contribution is 2.29. The fraction of sp³-hybridized carbons (Fsp3) is 0.667. The van der Waals surface area contributed by atoms with Crippen molar-refractivity contribution in [2.24, 2.45) is 5.92 Å². The molecule has 21 heavy (non-hydrogen) atoms. The summed E-state index contributed by atoms with van der Waals surface area (Å²) in [4.78, 5) is 0. The van der Waals surface area contributed by atoms with E-state index >= 15 is 0 Å². The molecule has 0 spiro atoms. The zero-order chi connectivity index (χ0) is 14.9. The van der Waals surface area contributed by atoms with Gasteiger partial charge in [-0.1, -0.05) is 29.8 Å². The van der Waals surface area contributed by atoms with E-state index < -0.39 is 0 Å². The van der Waals surface area contributed by atoms with Crippen molar-refractivity contribution in [2.45, 2.75) is 32.1 Å². The standard InChI is InChI=1S/C18H29NO2/c1-15-4-3-5-17(12-15)18(14-19-8-11-20-2)13-16-6-9-21-10-7-16/h3-5,12,16,18-19H,6-11,13-14H2,1-2H3. The fourth-order valence-corrected chi connectivity index (χ4v) is 3.10. The highest BCUT2D eigenvalue weighted by atomic mass is 16.5. The van der Waals surface area contributed by atoms with Gasteiger partial charge in [-0.25, -0.2) is 0 Å². The normalized spacial score (nSPS) is 17.8. The summed E-state index contributed by atoms with van der Waals surface area (Å²) >= 11 is 0. The molecule has 1 aliphatic heterocycles. The van der Waals surface area contributed by atoms with E-state index in [2.05, 4.69) is 36.5 Å². The second-order valence-electron chi connectivity index (χ2n) is 6.10. The van der Waals surface area contributed by atoms with Crippen LogP contribution >= 0.6 is 0 Å². The molecule has 0 amide bonds. The maximum atomic E-state index is 5.49. The van der Waals surface area contributed by atoms with Crippen LogP contribution in [0.1, 0.15) is 36.3 Å². The van der Waals surface area contributed by atoms with Gasteiger partial charge in [-0.15, -0.1) is 0 Å². The Kier molecular flexibility index (Phi) is 7.20. The quantitative estimate of drug-likeness (QED) is 0.746. The number of ether oxygens (including phenoxy) is 2. The van der Waals surface area contributed by atoms with Gasteiger partial charge in [0.1, 0.15) is 0 Å². The first-order valence-electron chi connectivity index (χ1n) is 8.13. The average Bonchev–Trinajstić information content (AvgIpc) is 2.51. The van der Waals surface area contributed by atoms with E-state index in [-0.39, 0.29) is 0 Å². The predicted molar refractivity (Wildman–Crippen MR) is 86.8 cm³/mol. The Morgan fingerprint density at radius 1 is 1.33 bits per heavy atom. The molecular formula is C18H29NO2. The molecular weight excluding hydrogens is 262 g/mol. The molecule has 1 N–H and O–H groups in total. The van der Waals surface area contributed by atoms with Gasteiger partial charge in [0.05, 0.1) is 6.61 Å². The van der Waals surface area contributed by atoms with E-state index in [0.717, 1.165) is 38.8 Å². The van der Waals surface area contributed by atoms with Crippen LogP contribution in [0.3, 0.4) is 0 Å². The van der Waals surface area contributed by atoms with E-state index in [4.69, 9.17) is 9.47 Å². The minimum Gasteiger partial charge on any atom is -0.383 e. The fourth-order valence-electron chi connectivity index (χ4n) is 3.10. The first kappa shape index (κ1) is 16.5. The van der Waals surface area contributed by atoms with Crippen molar-refractivity contribution < 1.29 is 9.47 Å². The molecule has 0 aliphatic carbocycles. The Hall–Kier alpha value is -0.900. The van der Waals surface area contributed by atoms with Crippen LogP contribution in [0.2, 0.25) is 0 Å². The number of aryl methyl sites for hydroxylation is 1. The molecule has 118 valence electrons. The molecule has 1 saturated heterocycles.